The van der Waals surface area contributed by atoms with Gasteiger partial charge in [-0.25, -0.2) is 0 Å². The maximum atomic E-state index is 6.39. The Morgan fingerprint density at radius 1 is 1.03 bits per heavy atom. The van der Waals surface area contributed by atoms with E-state index in [1.54, 1.807) is 7.11 Å². The molecule has 0 N–H and O–H groups in total. The van der Waals surface area contributed by atoms with Crippen LogP contribution in [0.5, 0.6) is 0 Å². The van der Waals surface area contributed by atoms with Crippen molar-refractivity contribution in [3.63, 3.8) is 0 Å². The molecule has 2 fully saturated rings. The van der Waals surface area contributed by atoms with Crippen LogP contribution in [-0.2, 0) is 30.3 Å². The average molecular weight is 396 g/mol. The van der Waals surface area contributed by atoms with Gasteiger partial charge in [0.15, 0.2) is 12.6 Å². The smallest absolute Gasteiger partial charge is 0.184 e. The minimum Gasteiger partial charge on any atom is -0.368 e. The van der Waals surface area contributed by atoms with Gasteiger partial charge in [-0.2, -0.15) is 0 Å². The van der Waals surface area contributed by atoms with Gasteiger partial charge in [0, 0.05) is 18.6 Å². The number of hydrogen-bond donors (Lipinski definition) is 0. The van der Waals surface area contributed by atoms with Crippen molar-refractivity contribution in [3.05, 3.63) is 84.4 Å². The normalized spacial score (nSPS) is 31.8. The van der Waals surface area contributed by atoms with E-state index in [2.05, 4.69) is 6.58 Å². The fraction of sp³-hybridized carbons (Fsp3) is 0.417. The molecule has 4 unspecified atom stereocenters. The van der Waals surface area contributed by atoms with E-state index in [1.165, 1.54) is 0 Å². The van der Waals surface area contributed by atoms with Gasteiger partial charge in [-0.15, -0.1) is 6.58 Å². The zero-order valence-electron chi connectivity index (χ0n) is 16.7. The third-order valence-corrected chi connectivity index (χ3v) is 5.51. The predicted molar refractivity (Wildman–Crippen MR) is 109 cm³/mol. The molecule has 0 amide bonds. The lowest BCUT2D eigenvalue weighted by molar-refractivity contribution is -0.355. The second-order valence-electron chi connectivity index (χ2n) is 7.40. The highest BCUT2D eigenvalue weighted by atomic mass is 16.7. The first-order chi connectivity index (χ1) is 14.3. The molecule has 0 aliphatic carbocycles. The van der Waals surface area contributed by atoms with Crippen LogP contribution in [0.2, 0.25) is 0 Å². The average Bonchev–Trinajstić information content (AvgIpc) is 2.79. The zero-order valence-corrected chi connectivity index (χ0v) is 16.7. The number of ether oxygens (including phenoxy) is 5. The number of hydrogen-bond acceptors (Lipinski definition) is 5. The van der Waals surface area contributed by atoms with E-state index < -0.39 is 12.6 Å². The maximum absolute atomic E-state index is 6.39. The number of allylic oxidation sites excluding steroid dienone is 1. The Bertz CT molecular complexity index is 759. The van der Waals surface area contributed by atoms with Crippen molar-refractivity contribution >= 4 is 0 Å². The van der Waals surface area contributed by atoms with E-state index in [1.807, 2.05) is 66.7 Å². The van der Waals surface area contributed by atoms with E-state index in [0.717, 1.165) is 17.5 Å². The molecule has 2 aromatic rings. The molecule has 6 atom stereocenters. The molecule has 2 heterocycles. The minimum atomic E-state index is -0.481. The quantitative estimate of drug-likeness (QED) is 0.655. The molecule has 29 heavy (non-hydrogen) atoms. The monoisotopic (exact) mass is 396 g/mol. The molecule has 0 spiro atoms. The summed E-state index contributed by atoms with van der Waals surface area (Å²) in [4.78, 5) is 0. The van der Waals surface area contributed by atoms with Gasteiger partial charge in [0.2, 0.25) is 0 Å². The van der Waals surface area contributed by atoms with Crippen LogP contribution in [-0.4, -0.2) is 38.3 Å². The Hall–Kier alpha value is -2.02. The van der Waals surface area contributed by atoms with E-state index in [0.29, 0.717) is 13.2 Å². The van der Waals surface area contributed by atoms with Gasteiger partial charge in [-0.05, 0) is 12.0 Å². The van der Waals surface area contributed by atoms with Crippen LogP contribution in [0.4, 0.5) is 0 Å². The molecule has 2 aliphatic heterocycles. The lowest BCUT2D eigenvalue weighted by Gasteiger charge is -2.49. The summed E-state index contributed by atoms with van der Waals surface area (Å²) in [5.41, 5.74) is 2.11. The Kier molecular flexibility index (Phi) is 6.74. The highest BCUT2D eigenvalue weighted by Gasteiger charge is 2.50. The van der Waals surface area contributed by atoms with Crippen molar-refractivity contribution in [1.82, 2.24) is 0 Å². The Morgan fingerprint density at radius 2 is 1.76 bits per heavy atom. The summed E-state index contributed by atoms with van der Waals surface area (Å²) in [6, 6.07) is 20.1. The lowest BCUT2D eigenvalue weighted by atomic mass is 9.85. The fourth-order valence-corrected chi connectivity index (χ4v) is 4.08. The molecular formula is C24H28O5. The first kappa shape index (κ1) is 20.3. The molecule has 154 valence electrons. The predicted octanol–water partition coefficient (Wildman–Crippen LogP) is 4.25. The van der Waals surface area contributed by atoms with Crippen LogP contribution in [0.3, 0.4) is 0 Å². The molecule has 5 heteroatoms. The fourth-order valence-electron chi connectivity index (χ4n) is 4.08. The van der Waals surface area contributed by atoms with Gasteiger partial charge in [0.1, 0.15) is 12.2 Å². The van der Waals surface area contributed by atoms with Gasteiger partial charge in [-0.3, -0.25) is 0 Å². The summed E-state index contributed by atoms with van der Waals surface area (Å²) in [5.74, 6) is 0.0509. The third kappa shape index (κ3) is 4.60. The zero-order chi connectivity index (χ0) is 20.1. The Balaban J connectivity index is 1.53. The molecule has 0 radical (unpaired) electrons. The molecule has 4 rings (SSSR count). The second-order valence-corrected chi connectivity index (χ2v) is 7.40. The maximum Gasteiger partial charge on any atom is 0.184 e. The van der Waals surface area contributed by atoms with Crippen molar-refractivity contribution in [1.29, 1.82) is 0 Å². The number of rotatable bonds is 7. The summed E-state index contributed by atoms with van der Waals surface area (Å²) in [6.45, 7) is 4.88. The highest BCUT2D eigenvalue weighted by molar-refractivity contribution is 5.17. The first-order valence-corrected chi connectivity index (χ1v) is 10.1. The summed E-state index contributed by atoms with van der Waals surface area (Å²) < 4.78 is 30.4. The molecule has 2 aliphatic rings. The van der Waals surface area contributed by atoms with Crippen molar-refractivity contribution in [2.24, 2.45) is 5.92 Å². The summed E-state index contributed by atoms with van der Waals surface area (Å²) in [5, 5.41) is 0. The van der Waals surface area contributed by atoms with E-state index in [-0.39, 0.29) is 24.2 Å². The van der Waals surface area contributed by atoms with Crippen LogP contribution in [0, 0.1) is 5.92 Å². The summed E-state index contributed by atoms with van der Waals surface area (Å²) >= 11 is 0. The largest absolute Gasteiger partial charge is 0.368 e. The number of fused-ring (bicyclic) bond motifs is 1. The van der Waals surface area contributed by atoms with E-state index >= 15 is 0 Å². The molecule has 2 aromatic carbocycles. The van der Waals surface area contributed by atoms with Gasteiger partial charge in [0.25, 0.3) is 0 Å². The Labute approximate surface area is 172 Å². The van der Waals surface area contributed by atoms with Crippen LogP contribution in [0.25, 0.3) is 0 Å². The van der Waals surface area contributed by atoms with Crippen LogP contribution < -0.4 is 0 Å². The number of methoxy groups -OCH3 is 1. The lowest BCUT2D eigenvalue weighted by Crippen LogP contribution is -2.59. The molecular weight excluding hydrogens is 368 g/mol. The SMILES string of the molecule is C=CCC1C(OCc2ccccc2)[C@@H](OC)OC2COC(c3ccccc3)O[C@H]21. The Morgan fingerprint density at radius 3 is 2.45 bits per heavy atom. The minimum absolute atomic E-state index is 0.0509. The van der Waals surface area contributed by atoms with Gasteiger partial charge >= 0.3 is 0 Å². The highest BCUT2D eigenvalue weighted by Crippen LogP contribution is 2.40. The first-order valence-electron chi connectivity index (χ1n) is 10.1. The molecule has 5 nitrogen and oxygen atoms in total. The van der Waals surface area contributed by atoms with Crippen LogP contribution in [0.1, 0.15) is 23.8 Å². The van der Waals surface area contributed by atoms with Gasteiger partial charge in [0.05, 0.1) is 19.3 Å². The van der Waals surface area contributed by atoms with E-state index in [4.69, 9.17) is 23.7 Å². The van der Waals surface area contributed by atoms with E-state index in [9.17, 15) is 0 Å². The molecule has 0 bridgehead atoms. The van der Waals surface area contributed by atoms with Crippen molar-refractivity contribution in [2.75, 3.05) is 13.7 Å². The topological polar surface area (TPSA) is 46.2 Å². The second kappa shape index (κ2) is 9.65. The molecule has 2 saturated heterocycles. The van der Waals surface area contributed by atoms with Crippen LogP contribution in [0.15, 0.2) is 73.3 Å². The molecule has 0 saturated carbocycles. The van der Waals surface area contributed by atoms with Crippen molar-refractivity contribution in [3.8, 4) is 0 Å². The van der Waals surface area contributed by atoms with Gasteiger partial charge < -0.3 is 23.7 Å². The van der Waals surface area contributed by atoms with Crippen LogP contribution >= 0.6 is 0 Å². The summed E-state index contributed by atoms with van der Waals surface area (Å²) in [6.07, 6.45) is 1.11. The summed E-state index contributed by atoms with van der Waals surface area (Å²) in [7, 11) is 1.64. The standard InChI is InChI=1S/C24H28O5/c1-3-10-19-21-20(16-27-23(29-21)18-13-8-5-9-14-18)28-24(25-2)22(19)26-15-17-11-6-4-7-12-17/h3-9,11-14,19-24H,1,10,15-16H2,2H3/t19?,20?,21-,22?,23?,24-/m0/s1. The van der Waals surface area contributed by atoms with Crippen molar-refractivity contribution in [2.45, 2.75) is 43.9 Å². The van der Waals surface area contributed by atoms with Crippen molar-refractivity contribution < 1.29 is 23.7 Å². The molecule has 0 aromatic heterocycles. The third-order valence-electron chi connectivity index (χ3n) is 5.51. The van der Waals surface area contributed by atoms with Gasteiger partial charge in [-0.1, -0.05) is 66.7 Å². The number of benzene rings is 2.